The summed E-state index contributed by atoms with van der Waals surface area (Å²) >= 11 is 1.79. The van der Waals surface area contributed by atoms with Gasteiger partial charge in [0, 0.05) is 15.2 Å². The molecule has 0 saturated heterocycles. The average molecular weight is 463 g/mol. The third-order valence-electron chi connectivity index (χ3n) is 3.95. The van der Waals surface area contributed by atoms with Gasteiger partial charge in [-0.15, -0.1) is 0 Å². The van der Waals surface area contributed by atoms with Crippen LogP contribution in [0.2, 0.25) is 0 Å². The van der Waals surface area contributed by atoms with Gasteiger partial charge < -0.3 is 4.18 Å². The molecule has 31 heavy (non-hydrogen) atoms. The van der Waals surface area contributed by atoms with Crippen LogP contribution in [0.25, 0.3) is 10.8 Å². The van der Waals surface area contributed by atoms with Crippen molar-refractivity contribution < 1.29 is 25.8 Å². The molecule has 0 atom stereocenters. The van der Waals surface area contributed by atoms with Crippen LogP contribution >= 0.6 is 11.8 Å². The summed E-state index contributed by atoms with van der Waals surface area (Å²) in [6.07, 6.45) is 0. The van der Waals surface area contributed by atoms with E-state index in [9.17, 15) is 21.6 Å². The van der Waals surface area contributed by atoms with E-state index >= 15 is 0 Å². The van der Waals surface area contributed by atoms with E-state index in [0.29, 0.717) is 10.8 Å². The van der Waals surface area contributed by atoms with E-state index in [0.717, 1.165) is 0 Å². The first kappa shape index (κ1) is 22.7. The molecule has 0 heterocycles. The van der Waals surface area contributed by atoms with Gasteiger partial charge in [0.1, 0.15) is 0 Å². The molecule has 160 valence electrons. The molecule has 8 heteroatoms. The van der Waals surface area contributed by atoms with E-state index in [2.05, 4.69) is 52.7 Å². The SMILES string of the molecule is O=S(=O)(Oc1cccc2ccccc12)C(F)(F)F.c1ccc(Sc2ccccc2)cc1. The summed E-state index contributed by atoms with van der Waals surface area (Å²) in [5, 5.41) is 0.889. The minimum atomic E-state index is -5.64. The van der Waals surface area contributed by atoms with Crippen molar-refractivity contribution in [2.75, 3.05) is 0 Å². The zero-order valence-corrected chi connectivity index (χ0v) is 17.6. The van der Waals surface area contributed by atoms with Gasteiger partial charge in [-0.2, -0.15) is 21.6 Å². The van der Waals surface area contributed by atoms with Crippen LogP contribution in [0.3, 0.4) is 0 Å². The van der Waals surface area contributed by atoms with E-state index in [1.807, 2.05) is 12.1 Å². The second kappa shape index (κ2) is 9.89. The molecule has 0 aliphatic rings. The summed E-state index contributed by atoms with van der Waals surface area (Å²) in [6.45, 7) is 0. The van der Waals surface area contributed by atoms with Crippen molar-refractivity contribution in [3.05, 3.63) is 103 Å². The Morgan fingerprint density at radius 2 is 1.13 bits per heavy atom. The number of hydrogen-bond acceptors (Lipinski definition) is 4. The summed E-state index contributed by atoms with van der Waals surface area (Å²) in [6, 6.07) is 31.4. The van der Waals surface area contributed by atoms with Gasteiger partial charge in [0.15, 0.2) is 5.75 Å². The van der Waals surface area contributed by atoms with E-state index in [-0.39, 0.29) is 5.75 Å². The largest absolute Gasteiger partial charge is 0.534 e. The van der Waals surface area contributed by atoms with Crippen molar-refractivity contribution in [3.8, 4) is 5.75 Å². The Bertz CT molecular complexity index is 1180. The zero-order chi connectivity index (χ0) is 22.3. The summed E-state index contributed by atoms with van der Waals surface area (Å²) < 4.78 is 62.6. The first-order valence-corrected chi connectivity index (χ1v) is 11.3. The van der Waals surface area contributed by atoms with Gasteiger partial charge in [-0.1, -0.05) is 84.6 Å². The van der Waals surface area contributed by atoms with Crippen LogP contribution in [0.1, 0.15) is 0 Å². The minimum absolute atomic E-state index is 0.299. The molecule has 0 spiro atoms. The van der Waals surface area contributed by atoms with Crippen molar-refractivity contribution in [2.24, 2.45) is 0 Å². The van der Waals surface area contributed by atoms with Gasteiger partial charge in [0.2, 0.25) is 0 Å². The molecule has 4 aromatic carbocycles. The molecular formula is C23H17F3O3S2. The Morgan fingerprint density at radius 3 is 1.68 bits per heavy atom. The zero-order valence-electron chi connectivity index (χ0n) is 16.0. The van der Waals surface area contributed by atoms with Crippen molar-refractivity contribution in [1.82, 2.24) is 0 Å². The average Bonchev–Trinajstić information content (AvgIpc) is 2.75. The normalized spacial score (nSPS) is 11.5. The van der Waals surface area contributed by atoms with Gasteiger partial charge in [0.05, 0.1) is 0 Å². The molecule has 0 saturated carbocycles. The van der Waals surface area contributed by atoms with Crippen LogP contribution < -0.4 is 4.18 Å². The van der Waals surface area contributed by atoms with Crippen molar-refractivity contribution >= 4 is 32.7 Å². The van der Waals surface area contributed by atoms with Crippen LogP contribution in [0.4, 0.5) is 13.2 Å². The van der Waals surface area contributed by atoms with Gasteiger partial charge >= 0.3 is 15.6 Å². The molecule has 3 nitrogen and oxygen atoms in total. The highest BCUT2D eigenvalue weighted by atomic mass is 32.2. The topological polar surface area (TPSA) is 43.4 Å². The molecule has 0 aromatic heterocycles. The lowest BCUT2D eigenvalue weighted by atomic mass is 10.1. The van der Waals surface area contributed by atoms with E-state index in [1.54, 1.807) is 36.0 Å². The van der Waals surface area contributed by atoms with Crippen LogP contribution in [0.15, 0.2) is 113 Å². The molecular weight excluding hydrogens is 445 g/mol. The smallest absolute Gasteiger partial charge is 0.375 e. The van der Waals surface area contributed by atoms with E-state index < -0.39 is 15.6 Å². The highest BCUT2D eigenvalue weighted by Crippen LogP contribution is 2.31. The first-order valence-electron chi connectivity index (χ1n) is 9.03. The third kappa shape index (κ3) is 6.26. The predicted molar refractivity (Wildman–Crippen MR) is 117 cm³/mol. The van der Waals surface area contributed by atoms with E-state index in [4.69, 9.17) is 0 Å². The lowest BCUT2D eigenvalue weighted by molar-refractivity contribution is -0.0499. The van der Waals surface area contributed by atoms with Crippen molar-refractivity contribution in [1.29, 1.82) is 0 Å². The monoisotopic (exact) mass is 462 g/mol. The number of fused-ring (bicyclic) bond motifs is 1. The molecule has 0 N–H and O–H groups in total. The van der Waals surface area contributed by atoms with Gasteiger partial charge in [0.25, 0.3) is 0 Å². The fourth-order valence-electron chi connectivity index (χ4n) is 2.55. The van der Waals surface area contributed by atoms with E-state index in [1.165, 1.54) is 28.0 Å². The van der Waals surface area contributed by atoms with Gasteiger partial charge in [-0.25, -0.2) is 0 Å². The van der Waals surface area contributed by atoms with Crippen LogP contribution in [-0.2, 0) is 10.1 Å². The highest BCUT2D eigenvalue weighted by molar-refractivity contribution is 7.99. The number of rotatable bonds is 4. The lowest BCUT2D eigenvalue weighted by Crippen LogP contribution is -2.28. The fourth-order valence-corrected chi connectivity index (χ4v) is 3.88. The molecule has 0 unspecified atom stereocenters. The summed E-state index contributed by atoms with van der Waals surface area (Å²) in [5.41, 5.74) is -5.44. The standard InChI is InChI=1S/C12H10S.C11H7F3O3S/c1-3-7-11(8-4-1)13-12-9-5-2-6-10-12;12-11(13,14)18(15,16)17-10-7-3-5-8-4-1-2-6-9(8)10/h1-10H;1-7H. The molecule has 4 aromatic rings. The predicted octanol–water partition coefficient (Wildman–Crippen LogP) is 6.91. The molecule has 0 bridgehead atoms. The number of benzene rings is 4. The second-order valence-electron chi connectivity index (χ2n) is 6.19. The molecule has 0 amide bonds. The molecule has 4 rings (SSSR count). The number of alkyl halides is 3. The minimum Gasteiger partial charge on any atom is -0.375 e. The van der Waals surface area contributed by atoms with Crippen LogP contribution in [0, 0.1) is 0 Å². The molecule has 0 radical (unpaired) electrons. The Hall–Kier alpha value is -2.97. The summed E-state index contributed by atoms with van der Waals surface area (Å²) in [4.78, 5) is 2.57. The van der Waals surface area contributed by atoms with Crippen molar-refractivity contribution in [3.63, 3.8) is 0 Å². The van der Waals surface area contributed by atoms with Crippen molar-refractivity contribution in [2.45, 2.75) is 15.3 Å². The molecule has 0 aliphatic carbocycles. The lowest BCUT2D eigenvalue weighted by Gasteiger charge is -2.11. The molecule has 0 fully saturated rings. The second-order valence-corrected chi connectivity index (χ2v) is 8.87. The maximum absolute atomic E-state index is 12.2. The highest BCUT2D eigenvalue weighted by Gasteiger charge is 2.48. The Kier molecular flexibility index (Phi) is 7.25. The van der Waals surface area contributed by atoms with Gasteiger partial charge in [-0.05, 0) is 35.7 Å². The third-order valence-corrected chi connectivity index (χ3v) is 5.94. The summed E-state index contributed by atoms with van der Waals surface area (Å²) in [7, 11) is -5.64. The fraction of sp³-hybridized carbons (Fsp3) is 0.0435. The Balaban J connectivity index is 0.000000185. The number of halogens is 3. The summed E-state index contributed by atoms with van der Waals surface area (Å²) in [5.74, 6) is -0.342. The Morgan fingerprint density at radius 1 is 0.645 bits per heavy atom. The quantitative estimate of drug-likeness (QED) is 0.244. The maximum atomic E-state index is 12.2. The van der Waals surface area contributed by atoms with Crippen LogP contribution in [-0.4, -0.2) is 13.9 Å². The first-order chi connectivity index (χ1) is 14.8. The Labute approximate surface area is 182 Å². The number of hydrogen-bond donors (Lipinski definition) is 0. The van der Waals surface area contributed by atoms with Crippen LogP contribution in [0.5, 0.6) is 5.75 Å². The molecule has 0 aliphatic heterocycles. The van der Waals surface area contributed by atoms with Gasteiger partial charge in [-0.3, -0.25) is 0 Å². The maximum Gasteiger partial charge on any atom is 0.534 e.